The number of aromatic amines is 1. The molecule has 0 fully saturated rings. The Balaban J connectivity index is -0.000000391. The Morgan fingerprint density at radius 3 is 1.79 bits per heavy atom. The summed E-state index contributed by atoms with van der Waals surface area (Å²) in [6.45, 7) is 1.30. The summed E-state index contributed by atoms with van der Waals surface area (Å²) < 4.78 is 0. The summed E-state index contributed by atoms with van der Waals surface area (Å²) >= 11 is 0. The molecular formula is C18H35N7O9. The molecule has 34 heavy (non-hydrogen) atoms. The highest BCUT2D eigenvalue weighted by atomic mass is 16.4. The molecule has 0 aliphatic rings. The van der Waals surface area contributed by atoms with Gasteiger partial charge in [-0.25, -0.2) is 4.98 Å². The number of imidazole rings is 1. The van der Waals surface area contributed by atoms with Crippen LogP contribution in [0.3, 0.4) is 0 Å². The fourth-order valence-electron chi connectivity index (χ4n) is 1.55. The van der Waals surface area contributed by atoms with E-state index >= 15 is 0 Å². The van der Waals surface area contributed by atoms with Crippen LogP contribution in [0.1, 0.15) is 31.9 Å². The van der Waals surface area contributed by atoms with Gasteiger partial charge in [0.25, 0.3) is 0 Å². The van der Waals surface area contributed by atoms with Gasteiger partial charge in [0.15, 0.2) is 0 Å². The number of nitrogens with two attached hydrogens (primary N) is 4. The van der Waals surface area contributed by atoms with Gasteiger partial charge in [-0.15, -0.1) is 0 Å². The van der Waals surface area contributed by atoms with Crippen molar-refractivity contribution >= 4 is 29.8 Å². The molecule has 0 spiro atoms. The van der Waals surface area contributed by atoms with Crippen molar-refractivity contribution in [1.82, 2.24) is 15.3 Å². The number of nitrogens with zero attached hydrogens (tertiary/aromatic N) is 1. The highest BCUT2D eigenvalue weighted by Crippen LogP contribution is 1.97. The molecule has 0 aromatic carbocycles. The summed E-state index contributed by atoms with van der Waals surface area (Å²) in [4.78, 5) is 55.8. The van der Waals surface area contributed by atoms with Gasteiger partial charge in [-0.3, -0.25) is 24.0 Å². The Hall–Kier alpha value is -3.60. The van der Waals surface area contributed by atoms with Crippen molar-refractivity contribution < 1.29 is 44.4 Å². The Morgan fingerprint density at radius 1 is 0.971 bits per heavy atom. The normalized spacial score (nSPS) is 11.0. The molecule has 1 aromatic heterocycles. The number of carboxylic acids is 4. The van der Waals surface area contributed by atoms with Crippen LogP contribution in [-0.4, -0.2) is 91.9 Å². The molecule has 0 aliphatic heterocycles. The minimum Gasteiger partial charge on any atom is -0.480 e. The molecule has 1 heterocycles. The van der Waals surface area contributed by atoms with E-state index in [0.29, 0.717) is 13.0 Å². The summed E-state index contributed by atoms with van der Waals surface area (Å²) in [7, 11) is 0. The van der Waals surface area contributed by atoms with E-state index in [4.69, 9.17) is 37.6 Å². The number of rotatable bonds is 11. The molecule has 0 radical (unpaired) electrons. The van der Waals surface area contributed by atoms with E-state index in [0.717, 1.165) is 18.5 Å². The number of aliphatic carboxylic acids is 4. The van der Waals surface area contributed by atoms with Gasteiger partial charge in [-0.1, -0.05) is 6.42 Å². The van der Waals surface area contributed by atoms with Gasteiger partial charge in [0, 0.05) is 25.2 Å². The first-order valence-corrected chi connectivity index (χ1v) is 9.80. The Labute approximate surface area is 195 Å². The van der Waals surface area contributed by atoms with Gasteiger partial charge in [0.2, 0.25) is 5.91 Å². The molecule has 0 saturated carbocycles. The van der Waals surface area contributed by atoms with E-state index in [1.165, 1.54) is 13.3 Å². The van der Waals surface area contributed by atoms with E-state index < -0.39 is 36.0 Å². The van der Waals surface area contributed by atoms with E-state index in [2.05, 4.69) is 21.0 Å². The van der Waals surface area contributed by atoms with Crippen molar-refractivity contribution in [2.45, 2.75) is 44.7 Å². The van der Waals surface area contributed by atoms with Crippen LogP contribution in [0.15, 0.2) is 12.5 Å². The second-order valence-corrected chi connectivity index (χ2v) is 6.36. The van der Waals surface area contributed by atoms with Gasteiger partial charge < -0.3 is 53.7 Å². The summed E-state index contributed by atoms with van der Waals surface area (Å²) in [5.74, 6) is -4.26. The summed E-state index contributed by atoms with van der Waals surface area (Å²) in [5.41, 5.74) is 21.0. The predicted molar refractivity (Wildman–Crippen MR) is 119 cm³/mol. The lowest BCUT2D eigenvalue weighted by Gasteiger charge is -2.03. The average molecular weight is 494 g/mol. The zero-order chi connectivity index (χ0) is 27.1. The van der Waals surface area contributed by atoms with Crippen molar-refractivity contribution in [2.75, 3.05) is 19.6 Å². The van der Waals surface area contributed by atoms with Crippen molar-refractivity contribution in [2.24, 2.45) is 22.9 Å². The molecule has 0 aliphatic carbocycles. The number of carbonyl (C=O) groups is 5. The Bertz CT molecular complexity index is 701. The van der Waals surface area contributed by atoms with Crippen LogP contribution >= 0.6 is 0 Å². The van der Waals surface area contributed by atoms with Crippen molar-refractivity contribution in [3.8, 4) is 0 Å². The van der Waals surface area contributed by atoms with Gasteiger partial charge >= 0.3 is 23.9 Å². The minimum atomic E-state index is -1.03. The highest BCUT2D eigenvalue weighted by Gasteiger charge is 2.12. The number of hydrogen-bond acceptors (Lipinski definition) is 10. The lowest BCUT2D eigenvalue weighted by molar-refractivity contribution is -0.139. The summed E-state index contributed by atoms with van der Waals surface area (Å²) in [5, 5.41) is 34.4. The molecule has 1 aromatic rings. The fourth-order valence-corrected chi connectivity index (χ4v) is 1.55. The fraction of sp³-hybridized carbons (Fsp3) is 0.556. The lowest BCUT2D eigenvalue weighted by Crippen LogP contribution is -2.32. The lowest BCUT2D eigenvalue weighted by atomic mass is 10.1. The van der Waals surface area contributed by atoms with E-state index in [1.54, 1.807) is 6.20 Å². The predicted octanol–water partition coefficient (Wildman–Crippen LogP) is -2.87. The van der Waals surface area contributed by atoms with Crippen LogP contribution < -0.4 is 28.3 Å². The smallest absolute Gasteiger partial charge is 0.322 e. The standard InChI is InChI=1S/C6H9N3O2.C6H14N2O2.C4H7NO3.C2H5NO2/c7-5(6(10)11)1-4-2-8-3-9-4;7-4-2-1-3-5(8)6(9)10;1-3(6)5-2-4(7)8;3-1-2(4)5/h2-3,5H,1,7H2,(H,8,9)(H,10,11);5H,1-4,7-8H2,(H,9,10);2H2,1H3,(H,5,6)(H,7,8);1,3H2,(H,4,5)/t2*5-;;/m00../s1. The number of unbranched alkanes of at least 4 members (excludes halogenated alkanes) is 1. The molecule has 16 nitrogen and oxygen atoms in total. The average Bonchev–Trinajstić information content (AvgIpc) is 3.26. The Morgan fingerprint density at radius 2 is 1.50 bits per heavy atom. The Kier molecular flexibility index (Phi) is 23.3. The minimum absolute atomic E-state index is 0.278. The first-order chi connectivity index (χ1) is 15.8. The number of carbonyl (C=O) groups excluding carboxylic acids is 1. The van der Waals surface area contributed by atoms with Crippen molar-refractivity contribution in [3.05, 3.63) is 18.2 Å². The van der Waals surface area contributed by atoms with Gasteiger partial charge in [-0.2, -0.15) is 0 Å². The van der Waals surface area contributed by atoms with Crippen LogP contribution in [-0.2, 0) is 30.4 Å². The molecule has 2 atom stereocenters. The molecule has 196 valence electrons. The topological polar surface area (TPSA) is 311 Å². The number of nitrogens with one attached hydrogen (secondary N) is 2. The second-order valence-electron chi connectivity index (χ2n) is 6.36. The molecule has 14 N–H and O–H groups in total. The highest BCUT2D eigenvalue weighted by molar-refractivity contribution is 5.79. The molecule has 16 heteroatoms. The quantitative estimate of drug-likeness (QED) is 0.138. The molecule has 0 saturated heterocycles. The molecule has 0 bridgehead atoms. The molecule has 1 amide bonds. The number of aromatic nitrogens is 2. The molecular weight excluding hydrogens is 458 g/mol. The molecule has 1 rings (SSSR count). The first kappa shape index (κ1) is 35.0. The maximum atomic E-state index is 10.3. The van der Waals surface area contributed by atoms with Gasteiger partial charge in [-0.05, 0) is 19.4 Å². The zero-order valence-electron chi connectivity index (χ0n) is 18.8. The first-order valence-electron chi connectivity index (χ1n) is 9.80. The third kappa shape index (κ3) is 28.4. The van der Waals surface area contributed by atoms with E-state index in [-0.39, 0.29) is 25.4 Å². The van der Waals surface area contributed by atoms with Gasteiger partial charge in [0.05, 0.1) is 12.9 Å². The largest absolute Gasteiger partial charge is 0.480 e. The zero-order valence-corrected chi connectivity index (χ0v) is 18.8. The second kappa shape index (κ2) is 22.6. The number of amides is 1. The van der Waals surface area contributed by atoms with Crippen LogP contribution in [0.4, 0.5) is 0 Å². The van der Waals surface area contributed by atoms with Crippen molar-refractivity contribution in [1.29, 1.82) is 0 Å². The van der Waals surface area contributed by atoms with Crippen LogP contribution in [0.25, 0.3) is 0 Å². The monoisotopic (exact) mass is 493 g/mol. The molecule has 0 unspecified atom stereocenters. The summed E-state index contributed by atoms with van der Waals surface area (Å²) in [6.07, 6.45) is 5.50. The third-order valence-electron chi connectivity index (χ3n) is 3.26. The SMILES string of the molecule is CC(=O)NCC(=O)O.NCC(=O)O.NCCCC[C@H](N)C(=O)O.N[C@@H](Cc1cnc[nH]1)C(=O)O. The van der Waals surface area contributed by atoms with E-state index in [9.17, 15) is 24.0 Å². The number of hydrogen-bond donors (Lipinski definition) is 10. The van der Waals surface area contributed by atoms with Crippen LogP contribution in [0, 0.1) is 0 Å². The third-order valence-corrected chi connectivity index (χ3v) is 3.26. The van der Waals surface area contributed by atoms with Crippen LogP contribution in [0.2, 0.25) is 0 Å². The van der Waals surface area contributed by atoms with Gasteiger partial charge in [0.1, 0.15) is 18.6 Å². The summed E-state index contributed by atoms with van der Waals surface area (Å²) in [6, 6.07) is -1.57. The van der Waals surface area contributed by atoms with Crippen LogP contribution in [0.5, 0.6) is 0 Å². The van der Waals surface area contributed by atoms with E-state index in [1.807, 2.05) is 0 Å². The van der Waals surface area contributed by atoms with Crippen molar-refractivity contribution in [3.63, 3.8) is 0 Å². The number of carboxylic acid groups (broad SMARTS) is 4. The maximum Gasteiger partial charge on any atom is 0.322 e. The maximum absolute atomic E-state index is 10.3. The number of H-pyrrole nitrogens is 1.